The Balaban J connectivity index is 1.48. The molecule has 2 unspecified atom stereocenters. The van der Waals surface area contributed by atoms with Gasteiger partial charge in [-0.2, -0.15) is 0 Å². The number of alkyl carbamates (subject to hydrolysis) is 1. The van der Waals surface area contributed by atoms with Crippen LogP contribution in [0.4, 0.5) is 4.79 Å². The lowest BCUT2D eigenvalue weighted by Crippen LogP contribution is -2.56. The van der Waals surface area contributed by atoms with Crippen LogP contribution in [0.15, 0.2) is 48.5 Å². The Morgan fingerprint density at radius 3 is 2.16 bits per heavy atom. The molecule has 0 heterocycles. The highest BCUT2D eigenvalue weighted by Crippen LogP contribution is 2.44. The average molecular weight is 440 g/mol. The van der Waals surface area contributed by atoms with Gasteiger partial charge in [0, 0.05) is 18.4 Å². The van der Waals surface area contributed by atoms with Crippen LogP contribution in [-0.2, 0) is 14.3 Å². The maximum atomic E-state index is 12.2. The Bertz CT molecular complexity index is 962. The third-order valence-corrected chi connectivity index (χ3v) is 5.83. The second-order valence-corrected chi connectivity index (χ2v) is 8.23. The zero-order valence-electron chi connectivity index (χ0n) is 18.1. The van der Waals surface area contributed by atoms with E-state index >= 15 is 0 Å². The van der Waals surface area contributed by atoms with Crippen molar-refractivity contribution < 1.29 is 29.3 Å². The second kappa shape index (κ2) is 9.82. The molecule has 0 saturated carbocycles. The summed E-state index contributed by atoms with van der Waals surface area (Å²) >= 11 is 0. The summed E-state index contributed by atoms with van der Waals surface area (Å²) in [7, 11) is 0. The van der Waals surface area contributed by atoms with Crippen molar-refractivity contribution in [3.8, 4) is 11.1 Å². The van der Waals surface area contributed by atoms with Gasteiger partial charge in [0.1, 0.15) is 6.61 Å². The fourth-order valence-electron chi connectivity index (χ4n) is 3.73. The number of hydrogen-bond acceptors (Lipinski definition) is 5. The van der Waals surface area contributed by atoms with Gasteiger partial charge in [-0.15, -0.1) is 0 Å². The Hall–Kier alpha value is -3.39. The van der Waals surface area contributed by atoms with Crippen molar-refractivity contribution >= 4 is 18.0 Å². The van der Waals surface area contributed by atoms with Crippen molar-refractivity contribution in [1.29, 1.82) is 0 Å². The summed E-state index contributed by atoms with van der Waals surface area (Å²) < 4.78 is 5.45. The summed E-state index contributed by atoms with van der Waals surface area (Å²) in [4.78, 5) is 35.6. The number of ether oxygens (including phenoxy) is 1. The van der Waals surface area contributed by atoms with E-state index in [1.807, 2.05) is 36.4 Å². The van der Waals surface area contributed by atoms with E-state index in [2.05, 4.69) is 22.8 Å². The summed E-state index contributed by atoms with van der Waals surface area (Å²) in [6.07, 6.45) is -0.290. The number of benzene rings is 2. The van der Waals surface area contributed by atoms with Crippen LogP contribution < -0.4 is 10.6 Å². The van der Waals surface area contributed by atoms with E-state index in [1.165, 1.54) is 6.92 Å². The summed E-state index contributed by atoms with van der Waals surface area (Å²) in [5.41, 5.74) is 2.79. The molecule has 2 aromatic rings. The summed E-state index contributed by atoms with van der Waals surface area (Å²) in [6.45, 7) is 2.51. The number of aliphatic hydroxyl groups excluding tert-OH is 1. The zero-order valence-corrected chi connectivity index (χ0v) is 18.1. The number of aliphatic carboxylic acids is 1. The van der Waals surface area contributed by atoms with E-state index in [0.29, 0.717) is 0 Å². The first-order chi connectivity index (χ1) is 15.3. The monoisotopic (exact) mass is 440 g/mol. The van der Waals surface area contributed by atoms with Crippen LogP contribution in [0.3, 0.4) is 0 Å². The van der Waals surface area contributed by atoms with Crippen molar-refractivity contribution in [2.75, 3.05) is 19.8 Å². The number of amides is 2. The minimum Gasteiger partial charge on any atom is -0.479 e. The normalized spacial score (nSPS) is 15.1. The SMILES string of the molecule is CC(CCNC(=O)OCC1c2ccccc2-c2ccccc21)C(=O)NC(C)(CO)C(=O)O. The zero-order chi connectivity index (χ0) is 23.3. The van der Waals surface area contributed by atoms with Gasteiger partial charge in [-0.05, 0) is 35.6 Å². The molecule has 0 bridgehead atoms. The number of aliphatic hydroxyl groups is 1. The molecule has 0 spiro atoms. The Morgan fingerprint density at radius 1 is 1.06 bits per heavy atom. The highest BCUT2D eigenvalue weighted by Gasteiger charge is 2.35. The summed E-state index contributed by atoms with van der Waals surface area (Å²) in [5.74, 6) is -2.44. The lowest BCUT2D eigenvalue weighted by Gasteiger charge is -2.25. The van der Waals surface area contributed by atoms with Crippen LogP contribution in [0, 0.1) is 5.92 Å². The van der Waals surface area contributed by atoms with Gasteiger partial charge in [0.15, 0.2) is 5.54 Å². The van der Waals surface area contributed by atoms with Gasteiger partial charge in [-0.3, -0.25) is 4.79 Å². The van der Waals surface area contributed by atoms with E-state index < -0.39 is 36.0 Å². The summed E-state index contributed by atoms with van der Waals surface area (Å²) in [5, 5.41) is 23.3. The summed E-state index contributed by atoms with van der Waals surface area (Å²) in [6, 6.07) is 16.1. The van der Waals surface area contributed by atoms with E-state index in [4.69, 9.17) is 9.84 Å². The minimum atomic E-state index is -1.74. The number of carboxylic acids is 1. The quantitative estimate of drug-likeness (QED) is 0.475. The van der Waals surface area contributed by atoms with Gasteiger partial charge in [0.25, 0.3) is 0 Å². The lowest BCUT2D eigenvalue weighted by atomic mass is 9.98. The molecule has 2 atom stereocenters. The number of carboxylic acid groups (broad SMARTS) is 1. The number of rotatable bonds is 9. The van der Waals surface area contributed by atoms with Gasteiger partial charge in [0.05, 0.1) is 6.61 Å². The molecule has 8 heteroatoms. The third-order valence-electron chi connectivity index (χ3n) is 5.83. The van der Waals surface area contributed by atoms with E-state index in [9.17, 15) is 19.5 Å². The highest BCUT2D eigenvalue weighted by molar-refractivity contribution is 5.87. The lowest BCUT2D eigenvalue weighted by molar-refractivity contribution is -0.149. The molecule has 4 N–H and O–H groups in total. The Labute approximate surface area is 186 Å². The smallest absolute Gasteiger partial charge is 0.407 e. The highest BCUT2D eigenvalue weighted by atomic mass is 16.5. The first-order valence-electron chi connectivity index (χ1n) is 10.5. The molecular weight excluding hydrogens is 412 g/mol. The van der Waals surface area contributed by atoms with Crippen LogP contribution in [-0.4, -0.2) is 53.5 Å². The van der Waals surface area contributed by atoms with Crippen molar-refractivity contribution in [1.82, 2.24) is 10.6 Å². The molecule has 0 saturated heterocycles. The van der Waals surface area contributed by atoms with Crippen molar-refractivity contribution in [3.05, 3.63) is 59.7 Å². The first kappa shape index (κ1) is 23.3. The van der Waals surface area contributed by atoms with Crippen LogP contribution in [0.2, 0.25) is 0 Å². The Morgan fingerprint density at radius 2 is 1.62 bits per heavy atom. The maximum absolute atomic E-state index is 12.2. The predicted molar refractivity (Wildman–Crippen MR) is 118 cm³/mol. The fraction of sp³-hybridized carbons (Fsp3) is 0.375. The molecule has 0 aliphatic heterocycles. The number of hydrogen-bond donors (Lipinski definition) is 4. The average Bonchev–Trinajstić information content (AvgIpc) is 3.11. The second-order valence-electron chi connectivity index (χ2n) is 8.23. The van der Waals surface area contributed by atoms with Gasteiger partial charge in [0.2, 0.25) is 5.91 Å². The van der Waals surface area contributed by atoms with Gasteiger partial charge in [-0.1, -0.05) is 55.5 Å². The number of fused-ring (bicyclic) bond motifs is 3. The van der Waals surface area contributed by atoms with Crippen molar-refractivity contribution in [3.63, 3.8) is 0 Å². The van der Waals surface area contributed by atoms with E-state index in [0.717, 1.165) is 22.3 Å². The van der Waals surface area contributed by atoms with Gasteiger partial charge in [-0.25, -0.2) is 9.59 Å². The fourth-order valence-corrected chi connectivity index (χ4v) is 3.73. The topological polar surface area (TPSA) is 125 Å². The number of carbonyl (C=O) groups is 3. The molecule has 2 aromatic carbocycles. The molecule has 170 valence electrons. The Kier molecular flexibility index (Phi) is 7.15. The van der Waals surface area contributed by atoms with E-state index in [1.54, 1.807) is 6.92 Å². The minimum absolute atomic E-state index is 0.0370. The first-order valence-corrected chi connectivity index (χ1v) is 10.5. The van der Waals surface area contributed by atoms with Crippen molar-refractivity contribution in [2.45, 2.75) is 31.7 Å². The predicted octanol–water partition coefficient (Wildman–Crippen LogP) is 2.50. The van der Waals surface area contributed by atoms with E-state index in [-0.39, 0.29) is 25.5 Å². The molecule has 3 rings (SSSR count). The maximum Gasteiger partial charge on any atom is 0.407 e. The molecule has 0 radical (unpaired) electrons. The van der Waals surface area contributed by atoms with Crippen LogP contribution in [0.25, 0.3) is 11.1 Å². The number of carbonyl (C=O) groups excluding carboxylic acids is 2. The van der Waals surface area contributed by atoms with Crippen molar-refractivity contribution in [2.24, 2.45) is 5.92 Å². The van der Waals surface area contributed by atoms with Gasteiger partial charge < -0.3 is 25.6 Å². The molecular formula is C24H28N2O6. The van der Waals surface area contributed by atoms with Gasteiger partial charge >= 0.3 is 12.1 Å². The standard InChI is InChI=1S/C24H28N2O6/c1-15(21(28)26-24(2,14-27)22(29)30)11-12-25-23(31)32-13-20-18-9-5-3-7-16(18)17-8-4-6-10-19(17)20/h3-10,15,20,27H,11-14H2,1-2H3,(H,25,31)(H,26,28)(H,29,30). The molecule has 0 aromatic heterocycles. The third kappa shape index (κ3) is 4.91. The van der Waals surface area contributed by atoms with Crippen LogP contribution >= 0.6 is 0 Å². The molecule has 1 aliphatic carbocycles. The molecule has 0 fully saturated rings. The largest absolute Gasteiger partial charge is 0.479 e. The molecule has 2 amide bonds. The molecule has 32 heavy (non-hydrogen) atoms. The van der Waals surface area contributed by atoms with Crippen LogP contribution in [0.5, 0.6) is 0 Å². The van der Waals surface area contributed by atoms with Crippen LogP contribution in [0.1, 0.15) is 37.3 Å². The molecule has 8 nitrogen and oxygen atoms in total. The molecule has 1 aliphatic rings. The number of nitrogens with one attached hydrogen (secondary N) is 2.